The summed E-state index contributed by atoms with van der Waals surface area (Å²) in [5.74, 6) is 0.609. The zero-order chi connectivity index (χ0) is 13.4. The van der Waals surface area contributed by atoms with E-state index in [4.69, 9.17) is 16.3 Å². The van der Waals surface area contributed by atoms with Crippen LogP contribution in [0, 0.1) is 0 Å². The van der Waals surface area contributed by atoms with Crippen molar-refractivity contribution < 1.29 is 9.53 Å². The number of rotatable bonds is 7. The summed E-state index contributed by atoms with van der Waals surface area (Å²) in [5, 5.41) is 6.39. The van der Waals surface area contributed by atoms with Gasteiger partial charge in [0.1, 0.15) is 5.75 Å². The van der Waals surface area contributed by atoms with Crippen molar-refractivity contribution in [3.05, 3.63) is 23.2 Å². The van der Waals surface area contributed by atoms with Crippen LogP contribution < -0.4 is 15.4 Å². The van der Waals surface area contributed by atoms with Gasteiger partial charge in [0.2, 0.25) is 5.91 Å². The Morgan fingerprint density at radius 3 is 2.89 bits per heavy atom. The smallest absolute Gasteiger partial charge is 0.224 e. The molecule has 0 saturated heterocycles. The van der Waals surface area contributed by atoms with Crippen molar-refractivity contribution in [1.29, 1.82) is 0 Å². The summed E-state index contributed by atoms with van der Waals surface area (Å²) in [5.41, 5.74) is 0.624. The first-order chi connectivity index (χ1) is 8.67. The van der Waals surface area contributed by atoms with E-state index in [-0.39, 0.29) is 5.91 Å². The highest BCUT2D eigenvalue weighted by Gasteiger charge is 2.08. The van der Waals surface area contributed by atoms with Gasteiger partial charge in [0.15, 0.2) is 0 Å². The fraction of sp³-hybridized carbons (Fsp3) is 0.462. The molecule has 2 N–H and O–H groups in total. The lowest BCUT2D eigenvalue weighted by Gasteiger charge is -2.11. The highest BCUT2D eigenvalue weighted by molar-refractivity contribution is 6.31. The van der Waals surface area contributed by atoms with Crippen molar-refractivity contribution in [3.8, 4) is 5.75 Å². The Morgan fingerprint density at radius 1 is 1.44 bits per heavy atom. The minimum Gasteiger partial charge on any atom is -0.492 e. The van der Waals surface area contributed by atoms with Crippen molar-refractivity contribution in [2.45, 2.75) is 19.8 Å². The molecule has 0 aliphatic rings. The molecule has 0 aliphatic carbocycles. The third-order valence-corrected chi connectivity index (χ3v) is 2.58. The number of benzene rings is 1. The second-order valence-electron chi connectivity index (χ2n) is 3.83. The van der Waals surface area contributed by atoms with Gasteiger partial charge in [0.25, 0.3) is 0 Å². The maximum Gasteiger partial charge on any atom is 0.224 e. The molecule has 100 valence electrons. The van der Waals surface area contributed by atoms with Crippen LogP contribution in [0.3, 0.4) is 0 Å². The maximum absolute atomic E-state index is 11.7. The average Bonchev–Trinajstić information content (AvgIpc) is 2.33. The zero-order valence-corrected chi connectivity index (χ0v) is 11.5. The van der Waals surface area contributed by atoms with Gasteiger partial charge >= 0.3 is 0 Å². The Bertz CT molecular complexity index is 397. The van der Waals surface area contributed by atoms with E-state index in [2.05, 4.69) is 10.6 Å². The number of hydrogen-bond donors (Lipinski definition) is 2. The molecule has 0 spiro atoms. The van der Waals surface area contributed by atoms with E-state index in [0.717, 1.165) is 13.0 Å². The summed E-state index contributed by atoms with van der Waals surface area (Å²) in [6.07, 6.45) is 1.27. The van der Waals surface area contributed by atoms with E-state index < -0.39 is 0 Å². The summed E-state index contributed by atoms with van der Waals surface area (Å²) >= 11 is 5.91. The number of halogens is 1. The molecule has 0 heterocycles. The van der Waals surface area contributed by atoms with Crippen LogP contribution >= 0.6 is 11.6 Å². The number of carbonyl (C=O) groups is 1. The van der Waals surface area contributed by atoms with Gasteiger partial charge in [-0.1, -0.05) is 11.6 Å². The molecule has 0 radical (unpaired) electrons. The summed E-state index contributed by atoms with van der Waals surface area (Å²) < 4.78 is 5.43. The fourth-order valence-electron chi connectivity index (χ4n) is 1.52. The lowest BCUT2D eigenvalue weighted by Crippen LogP contribution is -2.15. The molecule has 1 aromatic carbocycles. The van der Waals surface area contributed by atoms with Crippen molar-refractivity contribution in [1.82, 2.24) is 5.32 Å². The first-order valence-corrected chi connectivity index (χ1v) is 6.42. The molecule has 0 bridgehead atoms. The Morgan fingerprint density at radius 2 is 2.22 bits per heavy atom. The van der Waals surface area contributed by atoms with Crippen molar-refractivity contribution in [2.24, 2.45) is 0 Å². The lowest BCUT2D eigenvalue weighted by molar-refractivity contribution is -0.116. The first-order valence-electron chi connectivity index (χ1n) is 6.04. The summed E-state index contributed by atoms with van der Waals surface area (Å²) in [6.45, 7) is 3.26. The van der Waals surface area contributed by atoms with Gasteiger partial charge in [-0.3, -0.25) is 4.79 Å². The maximum atomic E-state index is 11.7. The largest absolute Gasteiger partial charge is 0.492 e. The quantitative estimate of drug-likeness (QED) is 0.749. The highest BCUT2D eigenvalue weighted by atomic mass is 35.5. The molecule has 1 rings (SSSR count). The first kappa shape index (κ1) is 14.8. The standard InChI is InChI=1S/C13H19ClN2O2/c1-3-18-12-7-6-10(14)9-11(12)16-13(17)5-4-8-15-2/h6-7,9,15H,3-5,8H2,1-2H3,(H,16,17). The van der Waals surface area contributed by atoms with Crippen molar-refractivity contribution in [2.75, 3.05) is 25.5 Å². The molecule has 0 aromatic heterocycles. The van der Waals surface area contributed by atoms with Crippen LogP contribution in [0.15, 0.2) is 18.2 Å². The molecule has 4 nitrogen and oxygen atoms in total. The van der Waals surface area contributed by atoms with Gasteiger partial charge in [-0.15, -0.1) is 0 Å². The van der Waals surface area contributed by atoms with Crippen LogP contribution in [-0.2, 0) is 4.79 Å². The van der Waals surface area contributed by atoms with E-state index in [9.17, 15) is 4.79 Å². The summed E-state index contributed by atoms with van der Waals surface area (Å²) in [4.78, 5) is 11.7. The topological polar surface area (TPSA) is 50.4 Å². The highest BCUT2D eigenvalue weighted by Crippen LogP contribution is 2.28. The normalized spacial score (nSPS) is 10.2. The Hall–Kier alpha value is -1.26. The molecular weight excluding hydrogens is 252 g/mol. The number of amides is 1. The van der Waals surface area contributed by atoms with Crippen molar-refractivity contribution in [3.63, 3.8) is 0 Å². The number of nitrogens with one attached hydrogen (secondary N) is 2. The minimum absolute atomic E-state index is 0.0338. The van der Waals surface area contributed by atoms with Crippen LogP contribution in [-0.4, -0.2) is 26.1 Å². The average molecular weight is 271 g/mol. The molecule has 1 aromatic rings. The molecule has 0 unspecified atom stereocenters. The van der Waals surface area contributed by atoms with Gasteiger partial charge in [0.05, 0.1) is 12.3 Å². The summed E-state index contributed by atoms with van der Waals surface area (Å²) in [6, 6.07) is 5.20. The van der Waals surface area contributed by atoms with Crippen LogP contribution in [0.4, 0.5) is 5.69 Å². The molecule has 18 heavy (non-hydrogen) atoms. The predicted octanol–water partition coefficient (Wildman–Crippen LogP) is 2.68. The van der Waals surface area contributed by atoms with Crippen LogP contribution in [0.25, 0.3) is 0 Å². The fourth-order valence-corrected chi connectivity index (χ4v) is 1.69. The van der Waals surface area contributed by atoms with Crippen LogP contribution in [0.5, 0.6) is 5.75 Å². The molecule has 0 aliphatic heterocycles. The number of carbonyl (C=O) groups excluding carboxylic acids is 1. The predicted molar refractivity (Wildman–Crippen MR) is 74.4 cm³/mol. The van der Waals surface area contributed by atoms with E-state index in [1.165, 1.54) is 0 Å². The zero-order valence-electron chi connectivity index (χ0n) is 10.8. The number of hydrogen-bond acceptors (Lipinski definition) is 3. The van der Waals surface area contributed by atoms with E-state index in [1.807, 2.05) is 14.0 Å². The molecule has 5 heteroatoms. The minimum atomic E-state index is -0.0338. The Balaban J connectivity index is 2.63. The van der Waals surface area contributed by atoms with Crippen LogP contribution in [0.1, 0.15) is 19.8 Å². The number of ether oxygens (including phenoxy) is 1. The van der Waals surface area contributed by atoms with E-state index in [0.29, 0.717) is 29.5 Å². The molecule has 1 amide bonds. The molecule has 0 fully saturated rings. The van der Waals surface area contributed by atoms with Crippen LogP contribution in [0.2, 0.25) is 5.02 Å². The Kier molecular flexibility index (Phi) is 6.54. The SMILES string of the molecule is CCOc1ccc(Cl)cc1NC(=O)CCCNC. The number of anilines is 1. The van der Waals surface area contributed by atoms with Crippen molar-refractivity contribution >= 4 is 23.2 Å². The third kappa shape index (κ3) is 4.94. The van der Waals surface area contributed by atoms with Gasteiger partial charge < -0.3 is 15.4 Å². The second-order valence-corrected chi connectivity index (χ2v) is 4.27. The van der Waals surface area contributed by atoms with Gasteiger partial charge in [-0.2, -0.15) is 0 Å². The monoisotopic (exact) mass is 270 g/mol. The Labute approximate surface area is 113 Å². The molecule has 0 saturated carbocycles. The lowest BCUT2D eigenvalue weighted by atomic mass is 10.2. The van der Waals surface area contributed by atoms with Gasteiger partial charge in [-0.05, 0) is 45.1 Å². The van der Waals surface area contributed by atoms with E-state index in [1.54, 1.807) is 18.2 Å². The third-order valence-electron chi connectivity index (χ3n) is 2.35. The molecular formula is C13H19ClN2O2. The van der Waals surface area contributed by atoms with Gasteiger partial charge in [-0.25, -0.2) is 0 Å². The van der Waals surface area contributed by atoms with Gasteiger partial charge in [0, 0.05) is 11.4 Å². The summed E-state index contributed by atoms with van der Waals surface area (Å²) in [7, 11) is 1.86. The molecule has 0 atom stereocenters. The second kappa shape index (κ2) is 7.95. The van der Waals surface area contributed by atoms with E-state index >= 15 is 0 Å².